The summed E-state index contributed by atoms with van der Waals surface area (Å²) in [5.41, 5.74) is 0. The molecule has 1 rings (SSSR count). The maximum absolute atomic E-state index is 5.80. The summed E-state index contributed by atoms with van der Waals surface area (Å²) >= 11 is 0. The molecule has 1 saturated carbocycles. The second-order valence-corrected chi connectivity index (χ2v) is 6.47. The Balaban J connectivity index is 2.53. The van der Waals surface area contributed by atoms with Gasteiger partial charge in [-0.05, 0) is 38.5 Å². The second kappa shape index (κ2) is 11.4. The third-order valence-electron chi connectivity index (χ3n) is 4.42. The van der Waals surface area contributed by atoms with Gasteiger partial charge < -0.3 is 0 Å². The minimum atomic E-state index is -0.708. The Bertz CT molecular complexity index is 244. The third kappa shape index (κ3) is 6.95. The molecule has 1 aliphatic rings. The van der Waals surface area contributed by atoms with Crippen molar-refractivity contribution in [3.8, 4) is 0 Å². The molecule has 4 nitrogen and oxygen atoms in total. The van der Waals surface area contributed by atoms with Crippen LogP contribution in [0, 0.1) is 0 Å². The Labute approximate surface area is 136 Å². The highest BCUT2D eigenvalue weighted by molar-refractivity contribution is 4.73. The van der Waals surface area contributed by atoms with Crippen LogP contribution in [0.15, 0.2) is 0 Å². The van der Waals surface area contributed by atoms with E-state index in [1.54, 1.807) is 0 Å². The van der Waals surface area contributed by atoms with Crippen LogP contribution in [0.25, 0.3) is 0 Å². The lowest BCUT2D eigenvalue weighted by molar-refractivity contribution is -0.532. The summed E-state index contributed by atoms with van der Waals surface area (Å²) in [6.07, 6.45) is 11.5. The first-order valence-corrected chi connectivity index (χ1v) is 9.38. The van der Waals surface area contributed by atoms with E-state index in [0.717, 1.165) is 64.2 Å². The lowest BCUT2D eigenvalue weighted by Gasteiger charge is -2.35. The summed E-state index contributed by atoms with van der Waals surface area (Å²) in [6.45, 7) is 8.59. The summed E-state index contributed by atoms with van der Waals surface area (Å²) in [4.78, 5) is 23.0. The number of hydrogen-bond acceptors (Lipinski definition) is 4. The number of hydrogen-bond donors (Lipinski definition) is 0. The molecule has 0 heterocycles. The fourth-order valence-electron chi connectivity index (χ4n) is 2.87. The fourth-order valence-corrected chi connectivity index (χ4v) is 2.87. The van der Waals surface area contributed by atoms with Crippen molar-refractivity contribution in [2.24, 2.45) is 0 Å². The predicted octanol–water partition coefficient (Wildman–Crippen LogP) is 5.70. The van der Waals surface area contributed by atoms with Gasteiger partial charge in [-0.15, -0.1) is 0 Å². The van der Waals surface area contributed by atoms with Crippen molar-refractivity contribution < 1.29 is 19.6 Å². The normalized spacial score (nSPS) is 20.7. The highest BCUT2D eigenvalue weighted by atomic mass is 17.3. The first-order chi connectivity index (χ1) is 10.7. The minimum absolute atomic E-state index is 0.144. The standard InChI is InChI=1S/C18H36O4/c1-5-12-16(7-3)19-21-18(14-10-9-11-15-18)22-20-17(8-4)13-6-2/h16-17H,5-15H2,1-4H3. The van der Waals surface area contributed by atoms with Gasteiger partial charge in [0, 0.05) is 12.8 Å². The zero-order valence-electron chi connectivity index (χ0n) is 15.1. The summed E-state index contributed by atoms with van der Waals surface area (Å²) in [6, 6.07) is 0. The molecule has 0 aromatic rings. The number of rotatable bonds is 12. The van der Waals surface area contributed by atoms with Gasteiger partial charge in [0.05, 0.1) is 12.2 Å². The topological polar surface area (TPSA) is 36.9 Å². The molecule has 0 aromatic carbocycles. The summed E-state index contributed by atoms with van der Waals surface area (Å²) in [5.74, 6) is -0.708. The van der Waals surface area contributed by atoms with Gasteiger partial charge in [-0.1, -0.05) is 47.0 Å². The average molecular weight is 316 g/mol. The molecule has 1 fully saturated rings. The van der Waals surface area contributed by atoms with Crippen LogP contribution in [0.3, 0.4) is 0 Å². The van der Waals surface area contributed by atoms with Crippen LogP contribution in [-0.4, -0.2) is 18.0 Å². The zero-order chi connectivity index (χ0) is 16.3. The predicted molar refractivity (Wildman–Crippen MR) is 88.1 cm³/mol. The summed E-state index contributed by atoms with van der Waals surface area (Å²) in [7, 11) is 0. The maximum Gasteiger partial charge on any atom is 0.234 e. The SMILES string of the molecule is CCCC(CC)OOC1(OOC(CC)CCC)CCCCC1. The summed E-state index contributed by atoms with van der Waals surface area (Å²) in [5, 5.41) is 0. The highest BCUT2D eigenvalue weighted by Crippen LogP contribution is 2.34. The van der Waals surface area contributed by atoms with Crippen LogP contribution in [-0.2, 0) is 19.6 Å². The van der Waals surface area contributed by atoms with Crippen molar-refractivity contribution >= 4 is 0 Å². The minimum Gasteiger partial charge on any atom is -0.230 e. The summed E-state index contributed by atoms with van der Waals surface area (Å²) < 4.78 is 0. The Morgan fingerprint density at radius 3 is 1.55 bits per heavy atom. The molecule has 4 heteroatoms. The molecule has 1 aliphatic carbocycles. The van der Waals surface area contributed by atoms with E-state index in [4.69, 9.17) is 19.6 Å². The van der Waals surface area contributed by atoms with Crippen LogP contribution in [0.4, 0.5) is 0 Å². The van der Waals surface area contributed by atoms with E-state index in [0.29, 0.717) is 0 Å². The molecule has 132 valence electrons. The molecule has 0 aliphatic heterocycles. The molecule has 0 amide bonds. The van der Waals surface area contributed by atoms with E-state index < -0.39 is 5.79 Å². The molecular formula is C18H36O4. The monoisotopic (exact) mass is 316 g/mol. The Morgan fingerprint density at radius 1 is 0.727 bits per heavy atom. The van der Waals surface area contributed by atoms with Gasteiger partial charge in [0.15, 0.2) is 0 Å². The van der Waals surface area contributed by atoms with Crippen molar-refractivity contribution in [3.63, 3.8) is 0 Å². The van der Waals surface area contributed by atoms with E-state index in [9.17, 15) is 0 Å². The Morgan fingerprint density at radius 2 is 1.18 bits per heavy atom. The third-order valence-corrected chi connectivity index (χ3v) is 4.42. The molecule has 0 radical (unpaired) electrons. The quantitative estimate of drug-likeness (QED) is 0.263. The van der Waals surface area contributed by atoms with Gasteiger partial charge in [0.1, 0.15) is 0 Å². The van der Waals surface area contributed by atoms with Crippen molar-refractivity contribution in [2.75, 3.05) is 0 Å². The van der Waals surface area contributed by atoms with E-state index in [1.807, 2.05) is 0 Å². The maximum atomic E-state index is 5.80. The Kier molecular flexibility index (Phi) is 10.3. The molecule has 0 spiro atoms. The van der Waals surface area contributed by atoms with Gasteiger partial charge in [-0.3, -0.25) is 0 Å². The van der Waals surface area contributed by atoms with E-state index in [1.165, 1.54) is 6.42 Å². The fraction of sp³-hybridized carbons (Fsp3) is 1.00. The molecule has 0 saturated heterocycles. The largest absolute Gasteiger partial charge is 0.234 e. The highest BCUT2D eigenvalue weighted by Gasteiger charge is 2.38. The van der Waals surface area contributed by atoms with Crippen molar-refractivity contribution in [1.82, 2.24) is 0 Å². The molecule has 2 unspecified atom stereocenters. The molecular weight excluding hydrogens is 280 g/mol. The van der Waals surface area contributed by atoms with Crippen LogP contribution in [0.1, 0.15) is 98.3 Å². The molecule has 0 aromatic heterocycles. The lowest BCUT2D eigenvalue weighted by atomic mass is 9.94. The molecule has 2 atom stereocenters. The van der Waals surface area contributed by atoms with Gasteiger partial charge in [-0.2, -0.15) is 9.78 Å². The zero-order valence-corrected chi connectivity index (χ0v) is 15.1. The average Bonchev–Trinajstić information content (AvgIpc) is 2.56. The van der Waals surface area contributed by atoms with E-state index >= 15 is 0 Å². The van der Waals surface area contributed by atoms with Gasteiger partial charge in [0.25, 0.3) is 0 Å². The van der Waals surface area contributed by atoms with Crippen LogP contribution in [0.2, 0.25) is 0 Å². The van der Waals surface area contributed by atoms with Crippen LogP contribution < -0.4 is 0 Å². The van der Waals surface area contributed by atoms with Crippen LogP contribution in [0.5, 0.6) is 0 Å². The Hall–Kier alpha value is -0.160. The molecule has 0 bridgehead atoms. The van der Waals surface area contributed by atoms with E-state index in [-0.39, 0.29) is 12.2 Å². The van der Waals surface area contributed by atoms with Crippen molar-refractivity contribution in [3.05, 3.63) is 0 Å². The molecule has 22 heavy (non-hydrogen) atoms. The smallest absolute Gasteiger partial charge is 0.230 e. The second-order valence-electron chi connectivity index (χ2n) is 6.47. The van der Waals surface area contributed by atoms with Gasteiger partial charge in [-0.25, -0.2) is 9.78 Å². The van der Waals surface area contributed by atoms with E-state index in [2.05, 4.69) is 27.7 Å². The first-order valence-electron chi connectivity index (χ1n) is 9.38. The van der Waals surface area contributed by atoms with Crippen molar-refractivity contribution in [1.29, 1.82) is 0 Å². The van der Waals surface area contributed by atoms with Gasteiger partial charge >= 0.3 is 0 Å². The molecule has 0 N–H and O–H groups in total. The first kappa shape index (κ1) is 19.9. The van der Waals surface area contributed by atoms with Crippen molar-refractivity contribution in [2.45, 2.75) is 116 Å². The van der Waals surface area contributed by atoms with Gasteiger partial charge in [0.2, 0.25) is 5.79 Å². The lowest BCUT2D eigenvalue weighted by Crippen LogP contribution is -2.40. The van der Waals surface area contributed by atoms with Crippen LogP contribution >= 0.6 is 0 Å².